The Morgan fingerprint density at radius 1 is 1.22 bits per heavy atom. The van der Waals surface area contributed by atoms with Crippen molar-refractivity contribution in [3.05, 3.63) is 38.9 Å². The summed E-state index contributed by atoms with van der Waals surface area (Å²) in [7, 11) is 0. The molecule has 0 bridgehead atoms. The van der Waals surface area contributed by atoms with Gasteiger partial charge in [0.15, 0.2) is 4.77 Å². The van der Waals surface area contributed by atoms with Crippen molar-refractivity contribution < 1.29 is 14.3 Å². The predicted octanol–water partition coefficient (Wildman–Crippen LogP) is 2.15. The van der Waals surface area contributed by atoms with Crippen LogP contribution in [0, 0.1) is 4.77 Å². The van der Waals surface area contributed by atoms with E-state index in [1.165, 1.54) is 0 Å². The van der Waals surface area contributed by atoms with E-state index in [1.807, 2.05) is 0 Å². The first-order chi connectivity index (χ1) is 13.1. The number of nitrogens with one attached hydrogen (secondary N) is 2. The number of carbonyl (C=O) groups excluding carboxylic acids is 1. The van der Waals surface area contributed by atoms with Crippen LogP contribution in [0.4, 0.5) is 0 Å². The lowest BCUT2D eigenvalue weighted by Gasteiger charge is -2.13. The summed E-state index contributed by atoms with van der Waals surface area (Å²) in [6.07, 6.45) is 4.06. The summed E-state index contributed by atoms with van der Waals surface area (Å²) in [4.78, 5) is 28.3. The first kappa shape index (κ1) is 18.3. The summed E-state index contributed by atoms with van der Waals surface area (Å²) in [5, 5.41) is 3.40. The van der Waals surface area contributed by atoms with Crippen LogP contribution in [0.5, 0.6) is 0 Å². The molecule has 2 aliphatic heterocycles. The second-order valence-corrected chi connectivity index (χ2v) is 7.47. The van der Waals surface area contributed by atoms with Crippen LogP contribution < -0.4 is 10.9 Å². The van der Waals surface area contributed by atoms with Gasteiger partial charge in [0.25, 0.3) is 11.5 Å². The minimum absolute atomic E-state index is 0.0260. The average Bonchev–Trinajstić information content (AvgIpc) is 3.36. The zero-order valence-electron chi connectivity index (χ0n) is 15.0. The van der Waals surface area contributed by atoms with Gasteiger partial charge in [0, 0.05) is 25.3 Å². The number of hydrogen-bond acceptors (Lipinski definition) is 5. The number of hydrogen-bond donors (Lipinski definition) is 2. The first-order valence-electron chi connectivity index (χ1n) is 9.40. The van der Waals surface area contributed by atoms with Crippen LogP contribution in [0.3, 0.4) is 0 Å². The molecule has 0 saturated carbocycles. The summed E-state index contributed by atoms with van der Waals surface area (Å²) in [6, 6.07) is 5.02. The highest BCUT2D eigenvalue weighted by atomic mass is 32.1. The molecular weight excluding hydrogens is 366 g/mol. The molecule has 2 aromatic rings. The average molecular weight is 389 g/mol. The van der Waals surface area contributed by atoms with Gasteiger partial charge in [0.05, 0.1) is 29.7 Å². The van der Waals surface area contributed by atoms with E-state index >= 15 is 0 Å². The number of nitrogens with zero attached hydrogens (tertiary/aromatic N) is 1. The fourth-order valence-corrected chi connectivity index (χ4v) is 3.93. The van der Waals surface area contributed by atoms with E-state index in [0.717, 1.165) is 38.9 Å². The molecule has 0 aliphatic carbocycles. The van der Waals surface area contributed by atoms with E-state index in [1.54, 1.807) is 22.8 Å². The van der Waals surface area contributed by atoms with Gasteiger partial charge >= 0.3 is 0 Å². The zero-order valence-corrected chi connectivity index (χ0v) is 15.8. The van der Waals surface area contributed by atoms with Crippen LogP contribution in [0.15, 0.2) is 23.0 Å². The number of H-pyrrole nitrogens is 1. The lowest BCUT2D eigenvalue weighted by atomic mass is 10.1. The topological polar surface area (TPSA) is 85.3 Å². The molecule has 27 heavy (non-hydrogen) atoms. The molecule has 4 rings (SSSR count). The lowest BCUT2D eigenvalue weighted by molar-refractivity contribution is 0.0858. The Kier molecular flexibility index (Phi) is 5.38. The van der Waals surface area contributed by atoms with Crippen LogP contribution in [-0.4, -0.2) is 47.4 Å². The molecule has 2 N–H and O–H groups in total. The fraction of sp³-hybridized carbons (Fsp3) is 0.526. The SMILES string of the molecule is O=C(NC[C@H]1CCCO1)c1ccc2c(=O)n(C[C@H]3CCCO3)c(=S)[nH]c2c1. The van der Waals surface area contributed by atoms with Gasteiger partial charge in [-0.2, -0.15) is 0 Å². The van der Waals surface area contributed by atoms with Gasteiger partial charge in [-0.3, -0.25) is 14.2 Å². The molecule has 1 amide bonds. The summed E-state index contributed by atoms with van der Waals surface area (Å²) < 4.78 is 13.0. The maximum atomic E-state index is 12.8. The van der Waals surface area contributed by atoms with Crippen molar-refractivity contribution in [3.8, 4) is 0 Å². The molecule has 144 valence electrons. The van der Waals surface area contributed by atoms with E-state index in [-0.39, 0.29) is 23.7 Å². The number of rotatable bonds is 5. The third-order valence-electron chi connectivity index (χ3n) is 5.17. The number of amides is 1. The van der Waals surface area contributed by atoms with Crippen LogP contribution >= 0.6 is 12.2 Å². The zero-order chi connectivity index (χ0) is 18.8. The Morgan fingerprint density at radius 3 is 2.67 bits per heavy atom. The molecule has 1 aromatic heterocycles. The van der Waals surface area contributed by atoms with Gasteiger partial charge in [0.1, 0.15) is 0 Å². The Labute approximate surface area is 161 Å². The van der Waals surface area contributed by atoms with Crippen molar-refractivity contribution in [2.75, 3.05) is 19.8 Å². The molecule has 0 spiro atoms. The van der Waals surface area contributed by atoms with E-state index in [0.29, 0.717) is 34.3 Å². The largest absolute Gasteiger partial charge is 0.376 e. The predicted molar refractivity (Wildman–Crippen MR) is 104 cm³/mol. The smallest absolute Gasteiger partial charge is 0.262 e. The maximum absolute atomic E-state index is 12.8. The molecule has 0 radical (unpaired) electrons. The highest BCUT2D eigenvalue weighted by molar-refractivity contribution is 7.71. The van der Waals surface area contributed by atoms with Gasteiger partial charge in [-0.05, 0) is 56.1 Å². The highest BCUT2D eigenvalue weighted by Crippen LogP contribution is 2.16. The van der Waals surface area contributed by atoms with Crippen molar-refractivity contribution in [3.63, 3.8) is 0 Å². The first-order valence-corrected chi connectivity index (χ1v) is 9.81. The molecule has 1 aromatic carbocycles. The molecule has 2 atom stereocenters. The Morgan fingerprint density at radius 2 is 1.96 bits per heavy atom. The van der Waals surface area contributed by atoms with Crippen LogP contribution in [0.2, 0.25) is 0 Å². The van der Waals surface area contributed by atoms with Crippen molar-refractivity contribution in [2.24, 2.45) is 0 Å². The second-order valence-electron chi connectivity index (χ2n) is 7.09. The van der Waals surface area contributed by atoms with Crippen molar-refractivity contribution in [1.82, 2.24) is 14.9 Å². The van der Waals surface area contributed by atoms with Gasteiger partial charge < -0.3 is 19.8 Å². The van der Waals surface area contributed by atoms with Crippen LogP contribution in [-0.2, 0) is 16.0 Å². The monoisotopic (exact) mass is 389 g/mol. The minimum atomic E-state index is -0.185. The highest BCUT2D eigenvalue weighted by Gasteiger charge is 2.19. The number of carbonyl (C=O) groups is 1. The molecule has 2 saturated heterocycles. The molecule has 8 heteroatoms. The number of aromatic nitrogens is 2. The third-order valence-corrected chi connectivity index (χ3v) is 5.49. The molecule has 3 heterocycles. The van der Waals surface area contributed by atoms with Crippen molar-refractivity contribution >= 4 is 29.0 Å². The van der Waals surface area contributed by atoms with Crippen LogP contribution in [0.1, 0.15) is 36.0 Å². The molecule has 7 nitrogen and oxygen atoms in total. The molecule has 2 aliphatic rings. The van der Waals surface area contributed by atoms with Gasteiger partial charge in [-0.15, -0.1) is 0 Å². The number of aromatic amines is 1. The Balaban J connectivity index is 1.56. The second kappa shape index (κ2) is 7.92. The summed E-state index contributed by atoms with van der Waals surface area (Å²) in [6.45, 7) is 2.43. The Bertz CT molecular complexity index is 956. The normalized spacial score (nSPS) is 22.4. The quantitative estimate of drug-likeness (QED) is 0.766. The van der Waals surface area contributed by atoms with E-state index in [4.69, 9.17) is 21.7 Å². The van der Waals surface area contributed by atoms with E-state index < -0.39 is 0 Å². The van der Waals surface area contributed by atoms with Gasteiger partial charge in [-0.25, -0.2) is 0 Å². The number of fused-ring (bicyclic) bond motifs is 1. The van der Waals surface area contributed by atoms with Crippen molar-refractivity contribution in [2.45, 2.75) is 44.4 Å². The standard InChI is InChI=1S/C19H23N3O4S/c23-17(20-10-13-3-1-7-25-13)12-5-6-15-16(9-12)21-19(27)22(18(15)24)11-14-4-2-8-26-14/h5-6,9,13-14H,1-4,7-8,10-11H2,(H,20,23)(H,21,27)/t13-,14-/m1/s1. The number of benzene rings is 1. The van der Waals surface area contributed by atoms with E-state index in [9.17, 15) is 9.59 Å². The van der Waals surface area contributed by atoms with Gasteiger partial charge in [-0.1, -0.05) is 0 Å². The minimum Gasteiger partial charge on any atom is -0.376 e. The molecular formula is C19H23N3O4S. The number of ether oxygens (including phenoxy) is 2. The van der Waals surface area contributed by atoms with E-state index in [2.05, 4.69) is 10.3 Å². The fourth-order valence-electron chi connectivity index (χ4n) is 3.67. The molecule has 2 fully saturated rings. The van der Waals surface area contributed by atoms with Gasteiger partial charge in [0.2, 0.25) is 0 Å². The van der Waals surface area contributed by atoms with Crippen LogP contribution in [0.25, 0.3) is 10.9 Å². The summed E-state index contributed by atoms with van der Waals surface area (Å²) in [5.41, 5.74) is 0.899. The third kappa shape index (κ3) is 3.97. The summed E-state index contributed by atoms with van der Waals surface area (Å²) in [5.74, 6) is -0.185. The molecule has 0 unspecified atom stereocenters. The maximum Gasteiger partial charge on any atom is 0.262 e. The lowest BCUT2D eigenvalue weighted by Crippen LogP contribution is -2.32. The Hall–Kier alpha value is -2.03. The summed E-state index contributed by atoms with van der Waals surface area (Å²) >= 11 is 5.37. The van der Waals surface area contributed by atoms with Crippen molar-refractivity contribution in [1.29, 1.82) is 0 Å².